The van der Waals surface area contributed by atoms with Gasteiger partial charge in [0.2, 0.25) is 0 Å². The average molecular weight is 390 g/mol. The fraction of sp³-hybridized carbons (Fsp3) is 0.250. The topological polar surface area (TPSA) is 18.5 Å². The summed E-state index contributed by atoms with van der Waals surface area (Å²) in [6.45, 7) is 2.82. The molecule has 0 amide bonds. The minimum Gasteiger partial charge on any atom is -0.490 e. The summed E-state index contributed by atoms with van der Waals surface area (Å²) in [5, 5.41) is 1.96. The number of halogens is 3. The Morgan fingerprint density at radius 1 is 1.00 bits per heavy atom. The first-order valence-electron chi connectivity index (χ1n) is 6.53. The number of benzene rings is 2. The zero-order valence-electron chi connectivity index (χ0n) is 11.5. The van der Waals surface area contributed by atoms with E-state index in [1.54, 1.807) is 12.1 Å². The molecule has 2 rings (SSSR count). The van der Waals surface area contributed by atoms with Gasteiger partial charge in [-0.05, 0) is 36.8 Å². The molecule has 0 radical (unpaired) electrons. The summed E-state index contributed by atoms with van der Waals surface area (Å²) in [6, 6.07) is 11.2. The molecule has 0 saturated heterocycles. The Hall–Kier alpha value is -0.900. The number of alkyl halides is 1. The van der Waals surface area contributed by atoms with Crippen molar-refractivity contribution in [1.82, 2.24) is 0 Å². The average Bonchev–Trinajstić information content (AvgIpc) is 2.48. The smallest absolute Gasteiger partial charge is 0.161 e. The summed E-state index contributed by atoms with van der Waals surface area (Å²) in [4.78, 5) is 0. The van der Waals surface area contributed by atoms with Gasteiger partial charge in [-0.1, -0.05) is 51.3 Å². The molecule has 21 heavy (non-hydrogen) atoms. The largest absolute Gasteiger partial charge is 0.490 e. The van der Waals surface area contributed by atoms with Crippen molar-refractivity contribution in [3.63, 3.8) is 0 Å². The number of hydrogen-bond donors (Lipinski definition) is 0. The maximum absolute atomic E-state index is 6.14. The molecule has 0 bridgehead atoms. The molecular weight excluding hydrogens is 375 g/mol. The van der Waals surface area contributed by atoms with Crippen molar-refractivity contribution in [1.29, 1.82) is 0 Å². The molecule has 2 nitrogen and oxygen atoms in total. The van der Waals surface area contributed by atoms with Crippen molar-refractivity contribution in [2.24, 2.45) is 0 Å². The van der Waals surface area contributed by atoms with E-state index in [1.807, 2.05) is 31.2 Å². The van der Waals surface area contributed by atoms with Crippen LogP contribution in [0.5, 0.6) is 11.5 Å². The Bertz CT molecular complexity index is 597. The van der Waals surface area contributed by atoms with E-state index in [2.05, 4.69) is 15.9 Å². The Morgan fingerprint density at radius 3 is 2.33 bits per heavy atom. The van der Waals surface area contributed by atoms with Gasteiger partial charge in [0.1, 0.15) is 6.61 Å². The van der Waals surface area contributed by atoms with E-state index >= 15 is 0 Å². The highest BCUT2D eigenvalue weighted by Gasteiger charge is 2.10. The van der Waals surface area contributed by atoms with Gasteiger partial charge in [-0.25, -0.2) is 0 Å². The molecule has 0 aliphatic heterocycles. The number of rotatable bonds is 6. The van der Waals surface area contributed by atoms with Crippen molar-refractivity contribution in [2.45, 2.75) is 18.9 Å². The van der Waals surface area contributed by atoms with Gasteiger partial charge < -0.3 is 9.47 Å². The van der Waals surface area contributed by atoms with Gasteiger partial charge in [0.05, 0.1) is 6.61 Å². The van der Waals surface area contributed by atoms with Crippen molar-refractivity contribution in [3.8, 4) is 11.5 Å². The third-order valence-corrected chi connectivity index (χ3v) is 4.25. The van der Waals surface area contributed by atoms with Gasteiger partial charge in [0, 0.05) is 20.9 Å². The third kappa shape index (κ3) is 4.29. The first-order valence-corrected chi connectivity index (χ1v) is 8.40. The maximum Gasteiger partial charge on any atom is 0.161 e. The lowest BCUT2D eigenvalue weighted by atomic mass is 10.2. The summed E-state index contributed by atoms with van der Waals surface area (Å²) >= 11 is 15.7. The molecule has 0 aromatic heterocycles. The molecule has 0 unspecified atom stereocenters. The zero-order valence-corrected chi connectivity index (χ0v) is 14.6. The summed E-state index contributed by atoms with van der Waals surface area (Å²) in [6.07, 6.45) is 0. The van der Waals surface area contributed by atoms with E-state index in [-0.39, 0.29) is 0 Å². The van der Waals surface area contributed by atoms with Gasteiger partial charge in [-0.2, -0.15) is 0 Å². The van der Waals surface area contributed by atoms with E-state index in [4.69, 9.17) is 32.7 Å². The molecule has 0 aliphatic carbocycles. The lowest BCUT2D eigenvalue weighted by molar-refractivity contribution is 0.269. The highest BCUT2D eigenvalue weighted by atomic mass is 79.9. The molecular formula is C16H15BrCl2O2. The van der Waals surface area contributed by atoms with Crippen LogP contribution in [-0.2, 0) is 11.9 Å². The number of ether oxygens (including phenoxy) is 2. The van der Waals surface area contributed by atoms with Gasteiger partial charge in [-0.15, -0.1) is 0 Å². The predicted octanol–water partition coefficient (Wildman–Crippen LogP) is 5.87. The Labute approximate surface area is 143 Å². The summed E-state index contributed by atoms with van der Waals surface area (Å²) in [5.74, 6) is 1.40. The monoisotopic (exact) mass is 388 g/mol. The Balaban J connectivity index is 2.19. The van der Waals surface area contributed by atoms with Crippen LogP contribution >= 0.6 is 39.1 Å². The van der Waals surface area contributed by atoms with Crippen LogP contribution in [0.15, 0.2) is 36.4 Å². The minimum atomic E-state index is 0.298. The van der Waals surface area contributed by atoms with E-state index in [1.165, 1.54) is 0 Å². The minimum absolute atomic E-state index is 0.298. The highest BCUT2D eigenvalue weighted by molar-refractivity contribution is 9.08. The van der Waals surface area contributed by atoms with Crippen molar-refractivity contribution in [2.75, 3.05) is 6.61 Å². The quantitative estimate of drug-likeness (QED) is 0.575. The normalized spacial score (nSPS) is 10.5. The molecule has 0 heterocycles. The van der Waals surface area contributed by atoms with Gasteiger partial charge in [0.25, 0.3) is 0 Å². The van der Waals surface area contributed by atoms with Crippen LogP contribution in [0.2, 0.25) is 10.0 Å². The van der Waals surface area contributed by atoms with Crippen LogP contribution in [0, 0.1) is 0 Å². The third-order valence-electron chi connectivity index (χ3n) is 2.90. The van der Waals surface area contributed by atoms with Crippen molar-refractivity contribution in [3.05, 3.63) is 57.6 Å². The standard InChI is InChI=1S/C16H15BrCl2O2/c1-2-20-16-8-11(9-17)6-7-15(16)21-10-12-13(18)4-3-5-14(12)19/h3-8H,2,9-10H2,1H3. The molecule has 0 fully saturated rings. The summed E-state index contributed by atoms with van der Waals surface area (Å²) < 4.78 is 11.4. The molecule has 112 valence electrons. The van der Waals surface area contributed by atoms with Crippen molar-refractivity contribution < 1.29 is 9.47 Å². The van der Waals surface area contributed by atoms with Crippen LogP contribution in [0.25, 0.3) is 0 Å². The Kier molecular flexibility index (Phi) is 6.22. The first-order chi connectivity index (χ1) is 10.2. The van der Waals surface area contributed by atoms with Crippen LogP contribution in [0.4, 0.5) is 0 Å². The lowest BCUT2D eigenvalue weighted by Gasteiger charge is -2.14. The van der Waals surface area contributed by atoms with E-state index in [9.17, 15) is 0 Å². The van der Waals surface area contributed by atoms with Crippen LogP contribution < -0.4 is 9.47 Å². The molecule has 0 spiro atoms. The molecule has 2 aromatic rings. The molecule has 2 aromatic carbocycles. The second-order valence-corrected chi connectivity index (χ2v) is 5.71. The maximum atomic E-state index is 6.14. The second-order valence-electron chi connectivity index (χ2n) is 4.34. The summed E-state index contributed by atoms with van der Waals surface area (Å²) in [7, 11) is 0. The van der Waals surface area contributed by atoms with E-state index in [0.717, 1.165) is 22.2 Å². The fourth-order valence-corrected chi connectivity index (χ4v) is 2.70. The second kappa shape index (κ2) is 7.92. The number of hydrogen-bond acceptors (Lipinski definition) is 2. The van der Waals surface area contributed by atoms with Crippen molar-refractivity contribution >= 4 is 39.1 Å². The zero-order chi connectivity index (χ0) is 15.2. The molecule has 5 heteroatoms. The van der Waals surface area contributed by atoms with Crippen LogP contribution in [-0.4, -0.2) is 6.61 Å². The Morgan fingerprint density at radius 2 is 1.71 bits per heavy atom. The van der Waals surface area contributed by atoms with Crippen LogP contribution in [0.3, 0.4) is 0 Å². The lowest BCUT2D eigenvalue weighted by Crippen LogP contribution is -2.01. The van der Waals surface area contributed by atoms with Gasteiger partial charge >= 0.3 is 0 Å². The van der Waals surface area contributed by atoms with Gasteiger partial charge in [-0.3, -0.25) is 0 Å². The van der Waals surface area contributed by atoms with E-state index < -0.39 is 0 Å². The fourth-order valence-electron chi connectivity index (χ4n) is 1.84. The highest BCUT2D eigenvalue weighted by Crippen LogP contribution is 2.32. The van der Waals surface area contributed by atoms with Gasteiger partial charge in [0.15, 0.2) is 11.5 Å². The summed E-state index contributed by atoms with van der Waals surface area (Å²) in [5.41, 5.74) is 1.90. The van der Waals surface area contributed by atoms with Crippen LogP contribution in [0.1, 0.15) is 18.1 Å². The first kappa shape index (κ1) is 16.5. The predicted molar refractivity (Wildman–Crippen MR) is 91.0 cm³/mol. The molecule has 0 aliphatic rings. The SMILES string of the molecule is CCOc1cc(CBr)ccc1OCc1c(Cl)cccc1Cl. The molecule has 0 saturated carbocycles. The van der Waals surface area contributed by atoms with E-state index in [0.29, 0.717) is 29.0 Å². The molecule has 0 N–H and O–H groups in total. The molecule has 0 atom stereocenters.